The first-order valence-corrected chi connectivity index (χ1v) is 29.5. The minimum absolute atomic E-state index is 0.00458. The highest BCUT2D eigenvalue weighted by Gasteiger charge is 2.45. The van der Waals surface area contributed by atoms with Crippen molar-refractivity contribution in [2.75, 3.05) is 59.5 Å². The quantitative estimate of drug-likeness (QED) is 0.0285. The van der Waals surface area contributed by atoms with Gasteiger partial charge in [0.2, 0.25) is 0 Å². The number of rotatable bonds is 33. The minimum atomic E-state index is -2.85. The lowest BCUT2D eigenvalue weighted by atomic mass is 10.4. The Morgan fingerprint density at radius 1 is 0.509 bits per heavy atom. The maximum atomic E-state index is 11.3. The summed E-state index contributed by atoms with van der Waals surface area (Å²) in [6.07, 6.45) is 2.33. The summed E-state index contributed by atoms with van der Waals surface area (Å²) in [4.78, 5) is 33.6. The fourth-order valence-corrected chi connectivity index (χ4v) is 24.9. The van der Waals surface area contributed by atoms with E-state index in [1.165, 1.54) is 0 Å². The lowest BCUT2D eigenvalue weighted by molar-refractivity contribution is -0.142. The van der Waals surface area contributed by atoms with E-state index in [1.807, 2.05) is 13.1 Å². The van der Waals surface area contributed by atoms with Crippen LogP contribution in [-0.2, 0) is 55.2 Å². The Morgan fingerprint density at radius 3 is 1.17 bits per heavy atom. The monoisotopic (exact) mass is 826 g/mol. The highest BCUT2D eigenvalue weighted by molar-refractivity contribution is 6.89. The van der Waals surface area contributed by atoms with Crippen molar-refractivity contribution >= 4 is 51.7 Å². The van der Waals surface area contributed by atoms with Gasteiger partial charge in [-0.1, -0.05) is 19.7 Å². The van der Waals surface area contributed by atoms with Gasteiger partial charge >= 0.3 is 35.0 Å². The molecule has 0 radical (unpaired) electrons. The van der Waals surface area contributed by atoms with Crippen molar-refractivity contribution in [3.8, 4) is 0 Å². The number of carbonyl (C=O) groups is 3. The van der Waals surface area contributed by atoms with Crippen LogP contribution in [0.1, 0.15) is 19.3 Å². The molecule has 0 amide bonds. The summed E-state index contributed by atoms with van der Waals surface area (Å²) in [5.74, 6) is -1.82. The Morgan fingerprint density at radius 2 is 0.830 bits per heavy atom. The van der Waals surface area contributed by atoms with Gasteiger partial charge in [-0.25, -0.2) is 14.4 Å². The first-order valence-electron chi connectivity index (χ1n) is 17.9. The maximum absolute atomic E-state index is 11.3. The van der Waals surface area contributed by atoms with Crippen LogP contribution in [0.4, 0.5) is 0 Å². The lowest BCUT2D eigenvalue weighted by Crippen LogP contribution is -2.57. The van der Waals surface area contributed by atoms with E-state index in [0.29, 0.717) is 38.7 Å². The molecular weight excluding hydrogens is 761 g/mol. The van der Waals surface area contributed by atoms with Crippen LogP contribution >= 0.6 is 0 Å². The summed E-state index contributed by atoms with van der Waals surface area (Å²) in [5.41, 5.74) is 0. The van der Waals surface area contributed by atoms with Gasteiger partial charge in [0.1, 0.15) is 38.1 Å². The molecule has 19 heteroatoms. The molecule has 0 aromatic rings. The standard InChI is InChI=1S/C34H66O15Si4/c1-11-32(38)44-26-29(35)23-41-17-14-20-50(4,5)47-52(8,9)49-53(10,22-16-19-43-25-31(37)28-46-34(40)13-3)48-51(6,7)21-15-18-42-24-30(36)27-45-33(39)12-2/h11-13,29-31,35-37H,1-3,14-28H2,4-10H3. The fourth-order valence-electron chi connectivity index (χ4n) is 5.23. The molecule has 0 bridgehead atoms. The molecule has 308 valence electrons. The van der Waals surface area contributed by atoms with Crippen molar-refractivity contribution in [1.82, 2.24) is 0 Å². The number of carbonyl (C=O) groups excluding carboxylic acids is 3. The van der Waals surface area contributed by atoms with Crippen LogP contribution in [0, 0.1) is 0 Å². The van der Waals surface area contributed by atoms with Crippen molar-refractivity contribution in [2.45, 2.75) is 102 Å². The number of hydrogen-bond donors (Lipinski definition) is 3. The summed E-state index contributed by atoms with van der Waals surface area (Å²) in [6.45, 7) is 25.4. The van der Waals surface area contributed by atoms with Gasteiger partial charge in [-0.15, -0.1) is 0 Å². The maximum Gasteiger partial charge on any atom is 0.330 e. The van der Waals surface area contributed by atoms with E-state index < -0.39 is 70.0 Å². The Hall–Kier alpha value is -1.86. The van der Waals surface area contributed by atoms with Gasteiger partial charge < -0.3 is 56.1 Å². The van der Waals surface area contributed by atoms with E-state index in [1.54, 1.807) is 0 Å². The molecule has 0 heterocycles. The van der Waals surface area contributed by atoms with E-state index >= 15 is 0 Å². The fraction of sp³-hybridized carbons (Fsp3) is 0.735. The van der Waals surface area contributed by atoms with Crippen molar-refractivity contribution < 1.29 is 70.5 Å². The smallest absolute Gasteiger partial charge is 0.330 e. The highest BCUT2D eigenvalue weighted by atomic mass is 28.5. The molecule has 0 rings (SSSR count). The SMILES string of the molecule is C=CC(=O)OCC(O)COCCC[Si](C)(C)O[Si](C)(C)O[Si](C)(CCCOCC(O)COC(=O)C=C)O[Si](C)(C)CCCOCC(O)COC(=O)C=C. The molecule has 4 atom stereocenters. The molecule has 0 aliphatic heterocycles. The first-order chi connectivity index (χ1) is 24.7. The molecule has 0 spiro atoms. The van der Waals surface area contributed by atoms with Gasteiger partial charge in [0.15, 0.2) is 16.6 Å². The Kier molecular flexibility index (Phi) is 25.9. The largest absolute Gasteiger partial charge is 0.460 e. The Labute approximate surface area is 320 Å². The molecular formula is C34H66O15Si4. The van der Waals surface area contributed by atoms with Gasteiger partial charge in [-0.2, -0.15) is 0 Å². The molecule has 0 fully saturated rings. The Bertz CT molecular complexity index is 1110. The molecule has 0 aromatic heterocycles. The third-order valence-electron chi connectivity index (χ3n) is 7.22. The molecule has 3 N–H and O–H groups in total. The van der Waals surface area contributed by atoms with Gasteiger partial charge in [0, 0.05) is 38.0 Å². The van der Waals surface area contributed by atoms with Crippen LogP contribution in [0.15, 0.2) is 38.0 Å². The normalized spacial score (nSPS) is 15.1. The summed E-state index contributed by atoms with van der Waals surface area (Å²) in [5, 5.41) is 30.0. The zero-order valence-electron chi connectivity index (χ0n) is 32.9. The number of esters is 3. The second-order valence-corrected chi connectivity index (χ2v) is 30.4. The van der Waals surface area contributed by atoms with E-state index in [0.717, 1.165) is 36.7 Å². The van der Waals surface area contributed by atoms with E-state index in [2.05, 4.69) is 52.5 Å². The average molecular weight is 827 g/mol. The predicted molar refractivity (Wildman–Crippen MR) is 210 cm³/mol. The molecule has 0 aliphatic carbocycles. The van der Waals surface area contributed by atoms with Crippen LogP contribution in [0.25, 0.3) is 0 Å². The molecule has 4 unspecified atom stereocenters. The van der Waals surface area contributed by atoms with Gasteiger partial charge in [0.25, 0.3) is 0 Å². The molecule has 15 nitrogen and oxygen atoms in total. The molecule has 0 saturated carbocycles. The topological polar surface area (TPSA) is 195 Å². The van der Waals surface area contributed by atoms with Crippen LogP contribution in [-0.4, -0.2) is 145 Å². The minimum Gasteiger partial charge on any atom is -0.460 e. The van der Waals surface area contributed by atoms with Crippen LogP contribution in [0.3, 0.4) is 0 Å². The molecule has 0 aromatic carbocycles. The second-order valence-electron chi connectivity index (χ2n) is 14.4. The van der Waals surface area contributed by atoms with E-state index in [-0.39, 0.29) is 39.6 Å². The summed E-state index contributed by atoms with van der Waals surface area (Å²) >= 11 is 0. The third kappa shape index (κ3) is 28.2. The van der Waals surface area contributed by atoms with Crippen LogP contribution < -0.4 is 0 Å². The first kappa shape index (κ1) is 51.1. The number of hydrogen-bond acceptors (Lipinski definition) is 15. The lowest BCUT2D eigenvalue weighted by Gasteiger charge is -2.42. The number of ether oxygens (including phenoxy) is 6. The zero-order chi connectivity index (χ0) is 40.6. The van der Waals surface area contributed by atoms with Gasteiger partial charge in [-0.3, -0.25) is 0 Å². The number of aliphatic hydroxyl groups excluding tert-OH is 3. The Balaban J connectivity index is 5.25. The van der Waals surface area contributed by atoms with Gasteiger partial charge in [-0.05, 0) is 83.2 Å². The number of aliphatic hydroxyl groups is 3. The molecule has 53 heavy (non-hydrogen) atoms. The van der Waals surface area contributed by atoms with Crippen LogP contribution in [0.2, 0.25) is 64.0 Å². The average Bonchev–Trinajstić information content (AvgIpc) is 3.06. The van der Waals surface area contributed by atoms with Crippen molar-refractivity contribution in [3.63, 3.8) is 0 Å². The second kappa shape index (κ2) is 26.9. The third-order valence-corrected chi connectivity index (χ3v) is 23.4. The van der Waals surface area contributed by atoms with Gasteiger partial charge in [0.05, 0.1) is 19.8 Å². The summed E-state index contributed by atoms with van der Waals surface area (Å²) in [7, 11) is -10.1. The van der Waals surface area contributed by atoms with Crippen molar-refractivity contribution in [2.24, 2.45) is 0 Å². The van der Waals surface area contributed by atoms with E-state index in [4.69, 9.17) is 40.8 Å². The van der Waals surface area contributed by atoms with Crippen molar-refractivity contribution in [3.05, 3.63) is 38.0 Å². The predicted octanol–water partition coefficient (Wildman–Crippen LogP) is 3.71. The molecule has 0 aliphatic rings. The summed E-state index contributed by atoms with van der Waals surface area (Å²) < 4.78 is 52.1. The zero-order valence-corrected chi connectivity index (χ0v) is 36.9. The van der Waals surface area contributed by atoms with Crippen LogP contribution in [0.5, 0.6) is 0 Å². The molecule has 0 saturated heterocycles. The highest BCUT2D eigenvalue weighted by Crippen LogP contribution is 2.30. The summed E-state index contributed by atoms with van der Waals surface area (Å²) in [6, 6.07) is 2.20. The van der Waals surface area contributed by atoms with E-state index in [9.17, 15) is 29.7 Å². The van der Waals surface area contributed by atoms with Crippen molar-refractivity contribution in [1.29, 1.82) is 0 Å².